The van der Waals surface area contributed by atoms with Crippen LogP contribution in [0.25, 0.3) is 0 Å². The van der Waals surface area contributed by atoms with Crippen LogP contribution in [0.2, 0.25) is 0 Å². The van der Waals surface area contributed by atoms with Crippen LogP contribution >= 0.6 is 0 Å². The Balaban J connectivity index is 1.96. The summed E-state index contributed by atoms with van der Waals surface area (Å²) in [5, 5.41) is 13.0. The van der Waals surface area contributed by atoms with Crippen molar-refractivity contribution in [2.24, 2.45) is 0 Å². The molecule has 1 N–H and O–H groups in total. The molecule has 24 heavy (non-hydrogen) atoms. The summed E-state index contributed by atoms with van der Waals surface area (Å²) in [5.41, 5.74) is 0.574. The number of carboxylic acid groups (broad SMARTS) is 1. The number of benzene rings is 1. The first-order valence-electron chi connectivity index (χ1n) is 7.41. The summed E-state index contributed by atoms with van der Waals surface area (Å²) in [6.45, 7) is 1.23. The average Bonchev–Trinajstić information content (AvgIpc) is 3.01. The minimum absolute atomic E-state index is 0.187. The highest BCUT2D eigenvalue weighted by Gasteiger charge is 2.33. The molecular weight excluding hydrogens is 334 g/mol. The predicted molar refractivity (Wildman–Crippen MR) is 84.3 cm³/mol. The van der Waals surface area contributed by atoms with Gasteiger partial charge in [-0.05, 0) is 5.56 Å². The van der Waals surface area contributed by atoms with Gasteiger partial charge in [0, 0.05) is 19.3 Å². The fourth-order valence-electron chi connectivity index (χ4n) is 2.50. The third-order valence-corrected chi connectivity index (χ3v) is 5.54. The molecule has 0 bridgehead atoms. The minimum Gasteiger partial charge on any atom is -0.478 e. The summed E-state index contributed by atoms with van der Waals surface area (Å²) in [5.74, 6) is -1.32. The van der Waals surface area contributed by atoms with E-state index in [2.05, 4.69) is 5.10 Å². The number of carbonyl (C=O) groups is 1. The second-order valence-electron chi connectivity index (χ2n) is 5.35. The maximum Gasteiger partial charge on any atom is 0.340 e. The zero-order valence-corrected chi connectivity index (χ0v) is 13.6. The van der Waals surface area contributed by atoms with Gasteiger partial charge < -0.3 is 9.84 Å². The molecule has 0 radical (unpaired) electrons. The highest BCUT2D eigenvalue weighted by atomic mass is 32.2. The van der Waals surface area contributed by atoms with E-state index in [0.717, 1.165) is 5.56 Å². The van der Waals surface area contributed by atoms with Crippen LogP contribution in [0.1, 0.15) is 15.9 Å². The van der Waals surface area contributed by atoms with Crippen LogP contribution in [0.5, 0.6) is 0 Å². The number of aromatic carboxylic acids is 1. The highest BCUT2D eigenvalue weighted by molar-refractivity contribution is 7.89. The van der Waals surface area contributed by atoms with Gasteiger partial charge in [-0.2, -0.15) is 9.40 Å². The molecule has 2 aromatic rings. The molecule has 0 saturated carbocycles. The Labute approximate surface area is 139 Å². The Morgan fingerprint density at radius 2 is 1.88 bits per heavy atom. The molecule has 0 spiro atoms. The lowest BCUT2D eigenvalue weighted by molar-refractivity contribution is 0.0688. The largest absolute Gasteiger partial charge is 0.478 e. The first kappa shape index (κ1) is 16.6. The molecule has 1 fully saturated rings. The molecule has 128 valence electrons. The van der Waals surface area contributed by atoms with Crippen molar-refractivity contribution >= 4 is 16.0 Å². The second-order valence-corrected chi connectivity index (χ2v) is 7.21. The molecule has 1 aromatic carbocycles. The van der Waals surface area contributed by atoms with Crippen molar-refractivity contribution in [1.82, 2.24) is 14.1 Å². The van der Waals surface area contributed by atoms with E-state index in [9.17, 15) is 18.3 Å². The molecule has 0 aliphatic carbocycles. The van der Waals surface area contributed by atoms with Gasteiger partial charge >= 0.3 is 5.97 Å². The van der Waals surface area contributed by atoms with E-state index in [4.69, 9.17) is 4.74 Å². The lowest BCUT2D eigenvalue weighted by atomic mass is 10.2. The molecule has 0 unspecified atom stereocenters. The normalized spacial score (nSPS) is 16.2. The Bertz CT molecular complexity index is 826. The number of sulfonamides is 1. The van der Waals surface area contributed by atoms with Crippen LogP contribution in [0.4, 0.5) is 0 Å². The van der Waals surface area contributed by atoms with E-state index in [1.165, 1.54) is 15.2 Å². The maximum atomic E-state index is 12.7. The van der Waals surface area contributed by atoms with Crippen LogP contribution in [-0.2, 0) is 21.3 Å². The molecule has 0 amide bonds. The van der Waals surface area contributed by atoms with Crippen molar-refractivity contribution in [2.75, 3.05) is 26.3 Å². The lowest BCUT2D eigenvalue weighted by Crippen LogP contribution is -2.41. The fourth-order valence-corrected chi connectivity index (χ4v) is 4.00. The third kappa shape index (κ3) is 3.32. The molecule has 1 aromatic heterocycles. The summed E-state index contributed by atoms with van der Waals surface area (Å²) < 4.78 is 33.1. The Hall–Kier alpha value is -2.23. The van der Waals surface area contributed by atoms with Crippen molar-refractivity contribution in [3.63, 3.8) is 0 Å². The number of hydrogen-bond acceptors (Lipinski definition) is 5. The van der Waals surface area contributed by atoms with Crippen LogP contribution in [-0.4, -0.2) is 59.9 Å². The van der Waals surface area contributed by atoms with Gasteiger partial charge in [0.2, 0.25) is 5.03 Å². The van der Waals surface area contributed by atoms with E-state index < -0.39 is 21.0 Å². The van der Waals surface area contributed by atoms with E-state index in [1.807, 2.05) is 30.3 Å². The maximum absolute atomic E-state index is 12.7. The molecular formula is C15H17N3O5S. The van der Waals surface area contributed by atoms with Crippen molar-refractivity contribution in [1.29, 1.82) is 0 Å². The number of ether oxygens (including phenoxy) is 1. The van der Waals surface area contributed by atoms with E-state index >= 15 is 0 Å². The van der Waals surface area contributed by atoms with Gasteiger partial charge in [-0.15, -0.1) is 0 Å². The minimum atomic E-state index is -3.97. The highest BCUT2D eigenvalue weighted by Crippen LogP contribution is 2.20. The van der Waals surface area contributed by atoms with E-state index in [-0.39, 0.29) is 31.9 Å². The Kier molecular flexibility index (Phi) is 4.65. The molecule has 1 saturated heterocycles. The van der Waals surface area contributed by atoms with Crippen molar-refractivity contribution in [2.45, 2.75) is 11.6 Å². The summed E-state index contributed by atoms with van der Waals surface area (Å²) >= 11 is 0. The third-order valence-electron chi connectivity index (χ3n) is 3.70. The lowest BCUT2D eigenvalue weighted by Gasteiger charge is -2.25. The van der Waals surface area contributed by atoms with Gasteiger partial charge in [-0.3, -0.25) is 4.68 Å². The summed E-state index contributed by atoms with van der Waals surface area (Å²) in [6.07, 6.45) is 1.25. The Morgan fingerprint density at radius 1 is 1.21 bits per heavy atom. The number of nitrogens with zero attached hydrogens (tertiary/aromatic N) is 3. The molecule has 8 nitrogen and oxygen atoms in total. The number of carboxylic acids is 1. The fraction of sp³-hybridized carbons (Fsp3) is 0.333. The number of aromatic nitrogens is 2. The summed E-state index contributed by atoms with van der Waals surface area (Å²) in [6, 6.07) is 9.28. The summed E-state index contributed by atoms with van der Waals surface area (Å²) in [4.78, 5) is 11.5. The van der Waals surface area contributed by atoms with E-state index in [0.29, 0.717) is 6.54 Å². The zero-order valence-electron chi connectivity index (χ0n) is 12.8. The molecule has 0 atom stereocenters. The van der Waals surface area contributed by atoms with Crippen LogP contribution in [0, 0.1) is 0 Å². The average molecular weight is 351 g/mol. The van der Waals surface area contributed by atoms with Gasteiger partial charge in [0.1, 0.15) is 5.56 Å². The molecule has 1 aliphatic rings. The summed E-state index contributed by atoms with van der Waals surface area (Å²) in [7, 11) is -3.97. The molecule has 1 aliphatic heterocycles. The number of rotatable bonds is 5. The van der Waals surface area contributed by atoms with Crippen LogP contribution in [0.3, 0.4) is 0 Å². The molecule has 3 rings (SSSR count). The molecule has 2 heterocycles. The topological polar surface area (TPSA) is 102 Å². The molecule has 9 heteroatoms. The predicted octanol–water partition coefficient (Wildman–Crippen LogP) is 0.650. The van der Waals surface area contributed by atoms with Gasteiger partial charge in [-0.25, -0.2) is 13.2 Å². The van der Waals surface area contributed by atoms with E-state index in [1.54, 1.807) is 0 Å². The van der Waals surface area contributed by atoms with Crippen molar-refractivity contribution in [3.05, 3.63) is 47.7 Å². The SMILES string of the molecule is O=C(O)c1cn(Cc2ccccc2)nc1S(=O)(=O)N1CCOCC1. The van der Waals surface area contributed by atoms with Crippen LogP contribution in [0.15, 0.2) is 41.6 Å². The van der Waals surface area contributed by atoms with Crippen LogP contribution < -0.4 is 0 Å². The zero-order chi connectivity index (χ0) is 17.2. The first-order chi connectivity index (χ1) is 11.5. The van der Waals surface area contributed by atoms with Gasteiger partial charge in [0.25, 0.3) is 10.0 Å². The number of hydrogen-bond donors (Lipinski definition) is 1. The monoisotopic (exact) mass is 351 g/mol. The van der Waals surface area contributed by atoms with Crippen molar-refractivity contribution in [3.8, 4) is 0 Å². The second kappa shape index (κ2) is 6.71. The Morgan fingerprint density at radius 3 is 2.50 bits per heavy atom. The smallest absolute Gasteiger partial charge is 0.340 e. The standard InChI is InChI=1S/C15H17N3O5S/c19-15(20)13-11-17(10-12-4-2-1-3-5-12)16-14(13)24(21,22)18-6-8-23-9-7-18/h1-5,11H,6-10H2,(H,19,20). The quantitative estimate of drug-likeness (QED) is 0.849. The van der Waals surface area contributed by atoms with Crippen molar-refractivity contribution < 1.29 is 23.1 Å². The first-order valence-corrected chi connectivity index (χ1v) is 8.85. The van der Waals surface area contributed by atoms with Gasteiger partial charge in [-0.1, -0.05) is 30.3 Å². The van der Waals surface area contributed by atoms with Gasteiger partial charge in [0.15, 0.2) is 0 Å². The van der Waals surface area contributed by atoms with Gasteiger partial charge in [0.05, 0.1) is 19.8 Å². The number of morpholine rings is 1.